The largest absolute Gasteiger partial charge is 0.494 e. The number of anilines is 1. The molecule has 1 heterocycles. The minimum absolute atomic E-state index is 0.0111. The van der Waals surface area contributed by atoms with Gasteiger partial charge in [0, 0.05) is 31.9 Å². The summed E-state index contributed by atoms with van der Waals surface area (Å²) < 4.78 is 5.87. The molecule has 5 nitrogen and oxygen atoms in total. The molecule has 0 atom stereocenters. The number of amides is 2. The lowest BCUT2D eigenvalue weighted by atomic mass is 10.1. The number of carbonyl (C=O) groups excluding carboxylic acids is 1. The van der Waals surface area contributed by atoms with E-state index in [1.807, 2.05) is 17.0 Å². The number of piperazine rings is 1. The summed E-state index contributed by atoms with van der Waals surface area (Å²) in [5.74, 6) is 0.973. The van der Waals surface area contributed by atoms with Gasteiger partial charge in [-0.2, -0.15) is 0 Å². The van der Waals surface area contributed by atoms with E-state index in [2.05, 4.69) is 54.8 Å². The van der Waals surface area contributed by atoms with Crippen molar-refractivity contribution in [3.05, 3.63) is 59.2 Å². The minimum Gasteiger partial charge on any atom is -0.494 e. The lowest BCUT2D eigenvalue weighted by Crippen LogP contribution is -2.48. The second-order valence-electron chi connectivity index (χ2n) is 7.85. The number of benzene rings is 2. The van der Waals surface area contributed by atoms with Crippen LogP contribution in [0.25, 0.3) is 0 Å². The Morgan fingerprint density at radius 2 is 1.69 bits per heavy atom. The summed E-state index contributed by atoms with van der Waals surface area (Å²) in [7, 11) is 0. The van der Waals surface area contributed by atoms with Crippen molar-refractivity contribution in [1.29, 1.82) is 0 Å². The second kappa shape index (κ2) is 10.9. The predicted molar refractivity (Wildman–Crippen MR) is 119 cm³/mol. The van der Waals surface area contributed by atoms with Crippen LogP contribution in [-0.4, -0.2) is 43.7 Å². The van der Waals surface area contributed by atoms with E-state index < -0.39 is 0 Å². The van der Waals surface area contributed by atoms with Gasteiger partial charge in [-0.3, -0.25) is 0 Å². The van der Waals surface area contributed by atoms with Gasteiger partial charge in [-0.1, -0.05) is 18.2 Å². The van der Waals surface area contributed by atoms with Gasteiger partial charge in [0.05, 0.1) is 6.61 Å². The molecule has 3 rings (SSSR count). The van der Waals surface area contributed by atoms with Gasteiger partial charge in [0.2, 0.25) is 0 Å². The first-order valence-corrected chi connectivity index (χ1v) is 10.7. The van der Waals surface area contributed by atoms with Crippen molar-refractivity contribution in [2.24, 2.45) is 0 Å². The Morgan fingerprint density at radius 3 is 2.38 bits per heavy atom. The summed E-state index contributed by atoms with van der Waals surface area (Å²) in [6.45, 7) is 8.21. The number of hydrogen-bond donors (Lipinski definition) is 2. The molecule has 0 aromatic heterocycles. The first-order valence-electron chi connectivity index (χ1n) is 10.7. The van der Waals surface area contributed by atoms with Gasteiger partial charge in [0.1, 0.15) is 5.75 Å². The molecule has 2 aromatic rings. The Labute approximate surface area is 174 Å². The number of carbonyl (C=O) groups is 1. The molecule has 1 fully saturated rings. The SMILES string of the molecule is Cc1cc(C)cc(OCCCCCc2ccc(NC(=O)N3CCNCC3)cc2)c1. The summed E-state index contributed by atoms with van der Waals surface area (Å²) in [5, 5.41) is 6.25. The Balaban J connectivity index is 1.32. The molecule has 2 amide bonds. The highest BCUT2D eigenvalue weighted by Gasteiger charge is 2.15. The highest BCUT2D eigenvalue weighted by Crippen LogP contribution is 2.17. The van der Waals surface area contributed by atoms with Crippen molar-refractivity contribution in [2.75, 3.05) is 38.1 Å². The van der Waals surface area contributed by atoms with E-state index in [-0.39, 0.29) is 6.03 Å². The van der Waals surface area contributed by atoms with E-state index in [9.17, 15) is 4.79 Å². The van der Waals surface area contributed by atoms with Gasteiger partial charge >= 0.3 is 6.03 Å². The van der Waals surface area contributed by atoms with Gasteiger partial charge in [0.15, 0.2) is 0 Å². The van der Waals surface area contributed by atoms with Crippen molar-refractivity contribution in [3.8, 4) is 5.75 Å². The van der Waals surface area contributed by atoms with Crippen LogP contribution in [0.2, 0.25) is 0 Å². The zero-order valence-corrected chi connectivity index (χ0v) is 17.7. The molecule has 29 heavy (non-hydrogen) atoms. The molecule has 0 spiro atoms. The van der Waals surface area contributed by atoms with E-state index in [0.717, 1.165) is 69.9 Å². The molecular formula is C24H33N3O2. The molecule has 0 radical (unpaired) electrons. The molecule has 0 saturated carbocycles. The van der Waals surface area contributed by atoms with Gasteiger partial charge in [-0.05, 0) is 80.5 Å². The van der Waals surface area contributed by atoms with Crippen LogP contribution in [0.3, 0.4) is 0 Å². The number of unbranched alkanes of at least 4 members (excludes halogenated alkanes) is 2. The third-order valence-electron chi connectivity index (χ3n) is 5.18. The molecule has 0 bridgehead atoms. The van der Waals surface area contributed by atoms with Crippen LogP contribution in [0.15, 0.2) is 42.5 Å². The van der Waals surface area contributed by atoms with Crippen LogP contribution in [-0.2, 0) is 6.42 Å². The maximum Gasteiger partial charge on any atom is 0.321 e. The smallest absolute Gasteiger partial charge is 0.321 e. The molecule has 1 aliphatic rings. The third-order valence-corrected chi connectivity index (χ3v) is 5.18. The predicted octanol–water partition coefficient (Wildman–Crippen LogP) is 4.53. The topological polar surface area (TPSA) is 53.6 Å². The molecule has 2 aromatic carbocycles. The van der Waals surface area contributed by atoms with E-state index in [1.165, 1.54) is 16.7 Å². The number of ether oxygens (including phenoxy) is 1. The maximum atomic E-state index is 12.2. The Morgan fingerprint density at radius 1 is 1.00 bits per heavy atom. The van der Waals surface area contributed by atoms with Crippen LogP contribution in [0.5, 0.6) is 5.75 Å². The lowest BCUT2D eigenvalue weighted by molar-refractivity contribution is 0.204. The van der Waals surface area contributed by atoms with Crippen LogP contribution in [0.4, 0.5) is 10.5 Å². The summed E-state index contributed by atoms with van der Waals surface area (Å²) >= 11 is 0. The van der Waals surface area contributed by atoms with Crippen LogP contribution < -0.4 is 15.4 Å². The first kappa shape index (κ1) is 21.2. The quantitative estimate of drug-likeness (QED) is 0.646. The van der Waals surface area contributed by atoms with Gasteiger partial charge in [-0.25, -0.2) is 4.79 Å². The Kier molecular flexibility index (Phi) is 7.94. The molecular weight excluding hydrogens is 362 g/mol. The second-order valence-corrected chi connectivity index (χ2v) is 7.85. The number of aryl methyl sites for hydroxylation is 3. The number of urea groups is 1. The van der Waals surface area contributed by atoms with Gasteiger partial charge in [-0.15, -0.1) is 0 Å². The number of nitrogens with zero attached hydrogens (tertiary/aromatic N) is 1. The monoisotopic (exact) mass is 395 g/mol. The number of rotatable bonds is 8. The fourth-order valence-corrected chi connectivity index (χ4v) is 3.64. The van der Waals surface area contributed by atoms with Crippen molar-refractivity contribution in [1.82, 2.24) is 10.2 Å². The van der Waals surface area contributed by atoms with Crippen LogP contribution in [0, 0.1) is 13.8 Å². The molecule has 1 aliphatic heterocycles. The number of hydrogen-bond acceptors (Lipinski definition) is 3. The average Bonchev–Trinajstić information content (AvgIpc) is 2.71. The Hall–Kier alpha value is -2.53. The summed E-state index contributed by atoms with van der Waals surface area (Å²) in [6, 6.07) is 14.6. The number of nitrogens with one attached hydrogen (secondary N) is 2. The van der Waals surface area contributed by atoms with Crippen molar-refractivity contribution < 1.29 is 9.53 Å². The van der Waals surface area contributed by atoms with Crippen LogP contribution in [0.1, 0.15) is 36.0 Å². The summed E-state index contributed by atoms with van der Waals surface area (Å²) in [5.41, 5.74) is 4.65. The van der Waals surface area contributed by atoms with Crippen LogP contribution >= 0.6 is 0 Å². The normalized spacial score (nSPS) is 13.9. The van der Waals surface area contributed by atoms with E-state index in [1.54, 1.807) is 0 Å². The zero-order chi connectivity index (χ0) is 20.5. The van der Waals surface area contributed by atoms with Crippen molar-refractivity contribution >= 4 is 11.7 Å². The third kappa shape index (κ3) is 7.09. The summed E-state index contributed by atoms with van der Waals surface area (Å²) in [6.07, 6.45) is 4.40. The standard InChI is InChI=1S/C24H33N3O2/c1-19-16-20(2)18-23(17-19)29-15-5-3-4-6-21-7-9-22(10-8-21)26-24(28)27-13-11-25-12-14-27/h7-10,16-18,25H,3-6,11-15H2,1-2H3,(H,26,28). The lowest BCUT2D eigenvalue weighted by Gasteiger charge is -2.27. The maximum absolute atomic E-state index is 12.2. The highest BCUT2D eigenvalue weighted by molar-refractivity contribution is 5.89. The van der Waals surface area contributed by atoms with E-state index >= 15 is 0 Å². The van der Waals surface area contributed by atoms with Crippen molar-refractivity contribution in [3.63, 3.8) is 0 Å². The fraction of sp³-hybridized carbons (Fsp3) is 0.458. The highest BCUT2D eigenvalue weighted by atomic mass is 16.5. The van der Waals surface area contributed by atoms with Crippen molar-refractivity contribution in [2.45, 2.75) is 39.5 Å². The molecule has 2 N–H and O–H groups in total. The first-order chi connectivity index (χ1) is 14.1. The van der Waals surface area contributed by atoms with E-state index in [4.69, 9.17) is 4.74 Å². The molecule has 5 heteroatoms. The minimum atomic E-state index is -0.0111. The van der Waals surface area contributed by atoms with Gasteiger partial charge < -0.3 is 20.3 Å². The fourth-order valence-electron chi connectivity index (χ4n) is 3.64. The summed E-state index contributed by atoms with van der Waals surface area (Å²) in [4.78, 5) is 14.1. The van der Waals surface area contributed by atoms with Gasteiger partial charge in [0.25, 0.3) is 0 Å². The zero-order valence-electron chi connectivity index (χ0n) is 17.7. The van der Waals surface area contributed by atoms with E-state index in [0.29, 0.717) is 0 Å². The molecule has 156 valence electrons. The Bertz CT molecular complexity index is 763. The molecule has 1 saturated heterocycles. The average molecular weight is 396 g/mol. The molecule has 0 aliphatic carbocycles. The molecule has 0 unspecified atom stereocenters.